The summed E-state index contributed by atoms with van der Waals surface area (Å²) in [4.78, 5) is 4.14. The summed E-state index contributed by atoms with van der Waals surface area (Å²) >= 11 is 0. The lowest BCUT2D eigenvalue weighted by atomic mass is 10.2. The third kappa shape index (κ3) is 2.25. The average molecular weight is 263 g/mol. The predicted octanol–water partition coefficient (Wildman–Crippen LogP) is 0.500. The zero-order chi connectivity index (χ0) is 13.2. The molecule has 19 heavy (non-hydrogen) atoms. The van der Waals surface area contributed by atoms with Crippen LogP contribution in [0.5, 0.6) is 11.5 Å². The first-order valence-electron chi connectivity index (χ1n) is 5.88. The fourth-order valence-electron chi connectivity index (χ4n) is 1.76. The van der Waals surface area contributed by atoms with Crippen molar-refractivity contribution in [2.24, 2.45) is 5.73 Å². The highest BCUT2D eigenvalue weighted by molar-refractivity contribution is 5.60. The van der Waals surface area contributed by atoms with Crippen molar-refractivity contribution in [2.45, 2.75) is 6.04 Å². The van der Waals surface area contributed by atoms with Crippen LogP contribution in [0.2, 0.25) is 0 Å². The molecule has 1 aromatic carbocycles. The number of benzene rings is 1. The van der Waals surface area contributed by atoms with Gasteiger partial charge < -0.3 is 24.8 Å². The van der Waals surface area contributed by atoms with Crippen molar-refractivity contribution in [3.8, 4) is 23.0 Å². The van der Waals surface area contributed by atoms with Crippen LogP contribution in [0.25, 0.3) is 11.5 Å². The third-order valence-corrected chi connectivity index (χ3v) is 2.76. The van der Waals surface area contributed by atoms with E-state index in [9.17, 15) is 0 Å². The van der Waals surface area contributed by atoms with Gasteiger partial charge in [-0.1, -0.05) is 5.16 Å². The number of nitrogens with zero attached hydrogens (tertiary/aromatic N) is 2. The van der Waals surface area contributed by atoms with E-state index in [4.69, 9.17) is 24.8 Å². The van der Waals surface area contributed by atoms with Gasteiger partial charge in [-0.15, -0.1) is 0 Å². The molecule has 7 heteroatoms. The fraction of sp³-hybridized carbons (Fsp3) is 0.333. The Morgan fingerprint density at radius 3 is 2.84 bits per heavy atom. The monoisotopic (exact) mass is 263 g/mol. The number of rotatable bonds is 3. The van der Waals surface area contributed by atoms with E-state index in [1.807, 2.05) is 0 Å². The summed E-state index contributed by atoms with van der Waals surface area (Å²) in [5.74, 6) is 1.94. The molecule has 1 unspecified atom stereocenters. The fourth-order valence-corrected chi connectivity index (χ4v) is 1.76. The number of nitrogens with two attached hydrogens (primary N) is 1. The molecule has 1 aromatic heterocycles. The first kappa shape index (κ1) is 11.9. The quantitative estimate of drug-likeness (QED) is 0.830. The summed E-state index contributed by atoms with van der Waals surface area (Å²) in [6.45, 7) is 0.823. The molecule has 3 rings (SSSR count). The molecule has 1 atom stereocenters. The largest absolute Gasteiger partial charge is 0.486 e. The summed E-state index contributed by atoms with van der Waals surface area (Å²) in [5, 5.41) is 12.7. The second-order valence-electron chi connectivity index (χ2n) is 4.11. The second-order valence-corrected chi connectivity index (χ2v) is 4.11. The molecule has 0 saturated carbocycles. The van der Waals surface area contributed by atoms with Gasteiger partial charge in [0.15, 0.2) is 17.3 Å². The van der Waals surface area contributed by atoms with E-state index < -0.39 is 6.04 Å². The molecule has 1 aliphatic heterocycles. The van der Waals surface area contributed by atoms with Crippen LogP contribution in [0.3, 0.4) is 0 Å². The number of fused-ring (bicyclic) bond motifs is 1. The maximum Gasteiger partial charge on any atom is 0.258 e. The Hall–Kier alpha value is -2.12. The SMILES string of the molecule is NC(CO)c1noc(-c2ccc3c(c2)OCCO3)n1. The van der Waals surface area contributed by atoms with Gasteiger partial charge in [0.2, 0.25) is 0 Å². The summed E-state index contributed by atoms with van der Waals surface area (Å²) in [7, 11) is 0. The third-order valence-electron chi connectivity index (χ3n) is 2.76. The van der Waals surface area contributed by atoms with Gasteiger partial charge in [0.1, 0.15) is 13.2 Å². The van der Waals surface area contributed by atoms with E-state index in [1.54, 1.807) is 18.2 Å². The van der Waals surface area contributed by atoms with Crippen LogP contribution < -0.4 is 15.2 Å². The number of aromatic nitrogens is 2. The Balaban J connectivity index is 1.91. The second kappa shape index (κ2) is 4.87. The number of ether oxygens (including phenoxy) is 2. The summed E-state index contributed by atoms with van der Waals surface area (Å²) < 4.78 is 16.0. The normalized spacial score (nSPS) is 15.3. The van der Waals surface area contributed by atoms with Crippen LogP contribution in [-0.2, 0) is 0 Å². The van der Waals surface area contributed by atoms with Gasteiger partial charge in [0, 0.05) is 5.56 Å². The minimum absolute atomic E-state index is 0.236. The molecule has 0 aliphatic carbocycles. The van der Waals surface area contributed by atoms with Crippen LogP contribution in [0.4, 0.5) is 0 Å². The zero-order valence-electron chi connectivity index (χ0n) is 10.1. The molecule has 0 fully saturated rings. The van der Waals surface area contributed by atoms with Gasteiger partial charge in [0.05, 0.1) is 12.6 Å². The molecule has 1 aliphatic rings. The van der Waals surface area contributed by atoms with Crippen molar-refractivity contribution in [2.75, 3.05) is 19.8 Å². The molecule has 0 radical (unpaired) electrons. The minimum atomic E-state index is -0.644. The Morgan fingerprint density at radius 1 is 1.26 bits per heavy atom. The van der Waals surface area contributed by atoms with E-state index in [2.05, 4.69) is 10.1 Å². The number of aliphatic hydroxyl groups excluding tert-OH is 1. The summed E-state index contributed by atoms with van der Waals surface area (Å²) in [5.41, 5.74) is 6.33. The maximum absolute atomic E-state index is 8.94. The van der Waals surface area contributed by atoms with E-state index in [1.165, 1.54) is 0 Å². The van der Waals surface area contributed by atoms with E-state index in [0.717, 1.165) is 0 Å². The Bertz CT molecular complexity index is 584. The lowest BCUT2D eigenvalue weighted by Gasteiger charge is -2.18. The Kier molecular flexibility index (Phi) is 3.06. The maximum atomic E-state index is 8.94. The highest BCUT2D eigenvalue weighted by Gasteiger charge is 2.17. The number of hydrogen-bond acceptors (Lipinski definition) is 7. The summed E-state index contributed by atoms with van der Waals surface area (Å²) in [6, 6.07) is 4.72. The molecular weight excluding hydrogens is 250 g/mol. The van der Waals surface area contributed by atoms with Crippen LogP contribution in [0, 0.1) is 0 Å². The lowest BCUT2D eigenvalue weighted by Crippen LogP contribution is -2.16. The van der Waals surface area contributed by atoms with Crippen molar-refractivity contribution in [1.82, 2.24) is 10.1 Å². The van der Waals surface area contributed by atoms with Crippen molar-refractivity contribution in [3.05, 3.63) is 24.0 Å². The average Bonchev–Trinajstić information content (AvgIpc) is 2.95. The van der Waals surface area contributed by atoms with E-state index in [-0.39, 0.29) is 12.4 Å². The van der Waals surface area contributed by atoms with Crippen LogP contribution in [0.15, 0.2) is 22.7 Å². The number of aliphatic hydroxyl groups is 1. The van der Waals surface area contributed by atoms with Gasteiger partial charge in [-0.05, 0) is 18.2 Å². The highest BCUT2D eigenvalue weighted by atomic mass is 16.6. The van der Waals surface area contributed by atoms with Crippen LogP contribution in [-0.4, -0.2) is 35.1 Å². The summed E-state index contributed by atoms with van der Waals surface area (Å²) in [6.07, 6.45) is 0. The molecular formula is C12H13N3O4. The topological polar surface area (TPSA) is 104 Å². The van der Waals surface area contributed by atoms with Crippen LogP contribution in [0.1, 0.15) is 11.9 Å². The number of hydrogen-bond donors (Lipinski definition) is 2. The lowest BCUT2D eigenvalue weighted by molar-refractivity contribution is 0.171. The Morgan fingerprint density at radius 2 is 2.05 bits per heavy atom. The van der Waals surface area contributed by atoms with E-state index in [0.29, 0.717) is 36.2 Å². The van der Waals surface area contributed by atoms with Crippen LogP contribution >= 0.6 is 0 Å². The van der Waals surface area contributed by atoms with Gasteiger partial charge in [-0.25, -0.2) is 0 Å². The molecule has 100 valence electrons. The molecule has 7 nitrogen and oxygen atoms in total. The Labute approximate surface area is 108 Å². The zero-order valence-corrected chi connectivity index (χ0v) is 10.1. The van der Waals surface area contributed by atoms with Crippen molar-refractivity contribution >= 4 is 0 Å². The molecule has 2 heterocycles. The van der Waals surface area contributed by atoms with Gasteiger partial charge in [-0.2, -0.15) is 4.98 Å². The smallest absolute Gasteiger partial charge is 0.258 e. The standard InChI is InChI=1S/C12H13N3O4/c13-8(6-16)11-14-12(19-15-11)7-1-2-9-10(5-7)18-4-3-17-9/h1-2,5,8,16H,3-4,6,13H2. The minimum Gasteiger partial charge on any atom is -0.486 e. The predicted molar refractivity (Wildman–Crippen MR) is 64.7 cm³/mol. The molecule has 3 N–H and O–H groups in total. The highest BCUT2D eigenvalue weighted by Crippen LogP contribution is 2.34. The molecule has 0 amide bonds. The van der Waals surface area contributed by atoms with Gasteiger partial charge in [-0.3, -0.25) is 0 Å². The van der Waals surface area contributed by atoms with E-state index >= 15 is 0 Å². The first-order valence-corrected chi connectivity index (χ1v) is 5.88. The molecule has 0 saturated heterocycles. The molecule has 0 bridgehead atoms. The van der Waals surface area contributed by atoms with Gasteiger partial charge >= 0.3 is 0 Å². The van der Waals surface area contributed by atoms with Gasteiger partial charge in [0.25, 0.3) is 5.89 Å². The molecule has 0 spiro atoms. The van der Waals surface area contributed by atoms with Crippen molar-refractivity contribution in [1.29, 1.82) is 0 Å². The molecule has 2 aromatic rings. The van der Waals surface area contributed by atoms with Crippen molar-refractivity contribution < 1.29 is 19.1 Å². The first-order chi connectivity index (χ1) is 9.28. The van der Waals surface area contributed by atoms with Crippen molar-refractivity contribution in [3.63, 3.8) is 0 Å².